The summed E-state index contributed by atoms with van der Waals surface area (Å²) in [6.07, 6.45) is 2.71. The quantitative estimate of drug-likeness (QED) is 0.677. The Morgan fingerprint density at radius 3 is 2.63 bits per heavy atom. The zero-order valence-corrected chi connectivity index (χ0v) is 15.5. The SMILES string of the molecule is O=C1CC(=O)NCCN(Cc2cccc3cccnc23)CCCNCCN1. The number of nitrogens with one attached hydrogen (secondary N) is 3. The Morgan fingerprint density at radius 2 is 1.74 bits per heavy atom. The van der Waals surface area contributed by atoms with Gasteiger partial charge in [-0.15, -0.1) is 0 Å². The molecule has 1 aliphatic rings. The Bertz CT molecular complexity index is 775. The number of benzene rings is 1. The Labute approximate surface area is 159 Å². The van der Waals surface area contributed by atoms with Crippen LogP contribution < -0.4 is 16.0 Å². The normalized spacial score (nSPS) is 18.5. The maximum Gasteiger partial charge on any atom is 0.229 e. The first-order valence-electron chi connectivity index (χ1n) is 9.51. The average molecular weight is 369 g/mol. The van der Waals surface area contributed by atoms with Crippen LogP contribution >= 0.6 is 0 Å². The van der Waals surface area contributed by atoms with Gasteiger partial charge >= 0.3 is 0 Å². The molecule has 1 aromatic heterocycles. The molecule has 0 spiro atoms. The molecule has 2 heterocycles. The number of carbonyl (C=O) groups excluding carboxylic acids is 2. The zero-order chi connectivity index (χ0) is 18.9. The molecule has 3 N–H and O–H groups in total. The van der Waals surface area contributed by atoms with Crippen molar-refractivity contribution in [3.63, 3.8) is 0 Å². The van der Waals surface area contributed by atoms with E-state index >= 15 is 0 Å². The molecule has 7 nitrogen and oxygen atoms in total. The van der Waals surface area contributed by atoms with Gasteiger partial charge in [-0.05, 0) is 31.1 Å². The second-order valence-corrected chi connectivity index (χ2v) is 6.75. The maximum absolute atomic E-state index is 11.9. The molecule has 0 unspecified atom stereocenters. The number of rotatable bonds is 2. The Morgan fingerprint density at radius 1 is 0.926 bits per heavy atom. The molecule has 0 aliphatic carbocycles. The summed E-state index contributed by atoms with van der Waals surface area (Å²) < 4.78 is 0. The summed E-state index contributed by atoms with van der Waals surface area (Å²) in [4.78, 5) is 30.4. The van der Waals surface area contributed by atoms with E-state index in [9.17, 15) is 9.59 Å². The van der Waals surface area contributed by atoms with Gasteiger partial charge in [0.2, 0.25) is 11.8 Å². The standard InChI is InChI=1S/C20H27N5O2/c26-18-14-19(27)23-11-13-25(12-3-7-21-9-10-22-18)15-17-5-1-4-16-6-2-8-24-20(16)17/h1-2,4-6,8,21H,3,7,9-15H2,(H,22,26)(H,23,27). The van der Waals surface area contributed by atoms with Crippen molar-refractivity contribution < 1.29 is 9.59 Å². The molecule has 1 aromatic carbocycles. The molecule has 1 fully saturated rings. The number of nitrogens with zero attached hydrogens (tertiary/aromatic N) is 2. The molecule has 27 heavy (non-hydrogen) atoms. The number of aromatic nitrogens is 1. The van der Waals surface area contributed by atoms with E-state index in [0.29, 0.717) is 19.6 Å². The summed E-state index contributed by atoms with van der Waals surface area (Å²) in [5.74, 6) is -0.464. The first-order chi connectivity index (χ1) is 13.2. The van der Waals surface area contributed by atoms with Gasteiger partial charge in [0.25, 0.3) is 0 Å². The van der Waals surface area contributed by atoms with Crippen molar-refractivity contribution in [1.29, 1.82) is 0 Å². The fourth-order valence-corrected chi connectivity index (χ4v) is 3.27. The number of fused-ring (bicyclic) bond motifs is 1. The van der Waals surface area contributed by atoms with Gasteiger partial charge < -0.3 is 16.0 Å². The predicted molar refractivity (Wildman–Crippen MR) is 105 cm³/mol. The number of hydrogen-bond donors (Lipinski definition) is 3. The Kier molecular flexibility index (Phi) is 7.12. The topological polar surface area (TPSA) is 86.4 Å². The summed E-state index contributed by atoms with van der Waals surface area (Å²) in [6.45, 7) is 5.11. The summed E-state index contributed by atoms with van der Waals surface area (Å²) >= 11 is 0. The predicted octanol–water partition coefficient (Wildman–Crippen LogP) is 0.653. The molecule has 3 rings (SSSR count). The number of para-hydroxylation sites is 1. The van der Waals surface area contributed by atoms with Crippen LogP contribution in [0.2, 0.25) is 0 Å². The summed E-state index contributed by atoms with van der Waals surface area (Å²) in [6, 6.07) is 10.3. The smallest absolute Gasteiger partial charge is 0.229 e. The van der Waals surface area contributed by atoms with E-state index in [1.165, 1.54) is 5.56 Å². The monoisotopic (exact) mass is 369 g/mol. The van der Waals surface area contributed by atoms with Crippen molar-refractivity contribution in [2.75, 3.05) is 39.3 Å². The molecule has 7 heteroatoms. The first kappa shape index (κ1) is 19.3. The molecule has 0 atom stereocenters. The van der Waals surface area contributed by atoms with Crippen molar-refractivity contribution in [2.45, 2.75) is 19.4 Å². The van der Waals surface area contributed by atoms with Gasteiger partial charge in [0, 0.05) is 44.3 Å². The van der Waals surface area contributed by atoms with Crippen molar-refractivity contribution in [3.8, 4) is 0 Å². The summed E-state index contributed by atoms with van der Waals surface area (Å²) in [5.41, 5.74) is 2.21. The van der Waals surface area contributed by atoms with E-state index in [0.717, 1.165) is 43.5 Å². The molecule has 0 bridgehead atoms. The van der Waals surface area contributed by atoms with Gasteiger partial charge in [-0.3, -0.25) is 19.5 Å². The summed E-state index contributed by atoms with van der Waals surface area (Å²) in [7, 11) is 0. The van der Waals surface area contributed by atoms with Gasteiger partial charge in [-0.1, -0.05) is 24.3 Å². The third-order valence-corrected chi connectivity index (χ3v) is 4.63. The van der Waals surface area contributed by atoms with Crippen LogP contribution in [0.4, 0.5) is 0 Å². The molecule has 0 radical (unpaired) electrons. The van der Waals surface area contributed by atoms with Crippen LogP contribution in [0.1, 0.15) is 18.4 Å². The highest BCUT2D eigenvalue weighted by Crippen LogP contribution is 2.17. The largest absolute Gasteiger partial charge is 0.354 e. The van der Waals surface area contributed by atoms with Gasteiger partial charge in [-0.2, -0.15) is 0 Å². The highest BCUT2D eigenvalue weighted by molar-refractivity contribution is 5.96. The van der Waals surface area contributed by atoms with E-state index in [1.807, 2.05) is 12.3 Å². The molecule has 0 saturated carbocycles. The Balaban J connectivity index is 1.66. The third-order valence-electron chi connectivity index (χ3n) is 4.63. The lowest BCUT2D eigenvalue weighted by Gasteiger charge is -2.23. The molecular formula is C20H27N5O2. The van der Waals surface area contributed by atoms with Crippen LogP contribution in [0.3, 0.4) is 0 Å². The van der Waals surface area contributed by atoms with Gasteiger partial charge in [-0.25, -0.2) is 0 Å². The van der Waals surface area contributed by atoms with E-state index in [-0.39, 0.29) is 18.2 Å². The highest BCUT2D eigenvalue weighted by Gasteiger charge is 2.12. The fraction of sp³-hybridized carbons (Fsp3) is 0.450. The average Bonchev–Trinajstić information content (AvgIpc) is 2.66. The second-order valence-electron chi connectivity index (χ2n) is 6.75. The molecule has 1 saturated heterocycles. The second kappa shape index (κ2) is 9.99. The van der Waals surface area contributed by atoms with Crippen LogP contribution in [0.5, 0.6) is 0 Å². The molecule has 144 valence electrons. The van der Waals surface area contributed by atoms with Gasteiger partial charge in [0.05, 0.1) is 5.52 Å². The van der Waals surface area contributed by atoms with Crippen LogP contribution in [-0.4, -0.2) is 61.0 Å². The molecule has 2 aromatic rings. The molecular weight excluding hydrogens is 342 g/mol. The maximum atomic E-state index is 11.9. The van der Waals surface area contributed by atoms with Crippen molar-refractivity contribution in [1.82, 2.24) is 25.8 Å². The summed E-state index contributed by atoms with van der Waals surface area (Å²) in [5, 5.41) is 10.1. The van der Waals surface area contributed by atoms with E-state index in [2.05, 4.69) is 50.1 Å². The number of amides is 2. The highest BCUT2D eigenvalue weighted by atomic mass is 16.2. The Hall–Kier alpha value is -2.51. The van der Waals surface area contributed by atoms with E-state index in [1.54, 1.807) is 0 Å². The van der Waals surface area contributed by atoms with Crippen molar-refractivity contribution in [2.24, 2.45) is 0 Å². The van der Waals surface area contributed by atoms with Crippen LogP contribution in [0.15, 0.2) is 36.5 Å². The van der Waals surface area contributed by atoms with Crippen molar-refractivity contribution in [3.05, 3.63) is 42.1 Å². The van der Waals surface area contributed by atoms with E-state index in [4.69, 9.17) is 0 Å². The zero-order valence-electron chi connectivity index (χ0n) is 15.5. The van der Waals surface area contributed by atoms with Crippen molar-refractivity contribution >= 4 is 22.7 Å². The number of hydrogen-bond acceptors (Lipinski definition) is 5. The van der Waals surface area contributed by atoms with Crippen LogP contribution in [0, 0.1) is 0 Å². The molecule has 2 amide bonds. The third kappa shape index (κ3) is 6.01. The lowest BCUT2D eigenvalue weighted by Crippen LogP contribution is -2.40. The van der Waals surface area contributed by atoms with Crippen LogP contribution in [-0.2, 0) is 16.1 Å². The molecule has 1 aliphatic heterocycles. The van der Waals surface area contributed by atoms with Crippen LogP contribution in [0.25, 0.3) is 10.9 Å². The first-order valence-corrected chi connectivity index (χ1v) is 9.51. The number of carbonyl (C=O) groups is 2. The minimum absolute atomic E-state index is 0.118. The van der Waals surface area contributed by atoms with Gasteiger partial charge in [0.15, 0.2) is 0 Å². The minimum atomic E-state index is -0.232. The fourth-order valence-electron chi connectivity index (χ4n) is 3.27. The lowest BCUT2D eigenvalue weighted by molar-refractivity contribution is -0.129. The minimum Gasteiger partial charge on any atom is -0.354 e. The van der Waals surface area contributed by atoms with E-state index < -0.39 is 0 Å². The lowest BCUT2D eigenvalue weighted by atomic mass is 10.1. The van der Waals surface area contributed by atoms with Gasteiger partial charge in [0.1, 0.15) is 6.42 Å². The number of pyridine rings is 1.